The molecular weight excluding hydrogens is 257 g/mol. The Morgan fingerprint density at radius 3 is 2.37 bits per heavy atom. The molecule has 1 aromatic carbocycles. The molecule has 1 aliphatic carbocycles. The van der Waals surface area contributed by atoms with E-state index in [0.717, 1.165) is 11.7 Å². The summed E-state index contributed by atoms with van der Waals surface area (Å²) in [5.41, 5.74) is 1.20. The Morgan fingerprint density at radius 2 is 1.84 bits per heavy atom. The van der Waals surface area contributed by atoms with Crippen LogP contribution in [-0.2, 0) is 0 Å². The minimum atomic E-state index is -0.154. The number of hydrogen-bond acceptors (Lipinski definition) is 2. The van der Waals surface area contributed by atoms with Gasteiger partial charge in [-0.1, -0.05) is 19.1 Å². The average Bonchev–Trinajstić information content (AvgIpc) is 2.46. The normalized spacial score (nSPS) is 25.2. The third-order valence-corrected chi connectivity index (χ3v) is 5.26. The SMILES string of the molecule is CCC(NC1CCC(SC)CC1)c1ccc(F)cc1. The van der Waals surface area contributed by atoms with Crippen molar-refractivity contribution in [1.82, 2.24) is 5.32 Å². The second kappa shape index (κ2) is 7.30. The van der Waals surface area contributed by atoms with E-state index in [4.69, 9.17) is 0 Å². The lowest BCUT2D eigenvalue weighted by Gasteiger charge is -2.31. The third kappa shape index (κ3) is 4.22. The molecule has 19 heavy (non-hydrogen) atoms. The molecule has 0 spiro atoms. The maximum absolute atomic E-state index is 13.0. The molecule has 1 aliphatic rings. The maximum Gasteiger partial charge on any atom is 0.123 e. The van der Waals surface area contributed by atoms with Crippen LogP contribution in [-0.4, -0.2) is 17.5 Å². The van der Waals surface area contributed by atoms with Crippen molar-refractivity contribution in [2.75, 3.05) is 6.26 Å². The summed E-state index contributed by atoms with van der Waals surface area (Å²) in [6.07, 6.45) is 8.43. The molecule has 1 unspecified atom stereocenters. The highest BCUT2D eigenvalue weighted by atomic mass is 32.2. The first-order chi connectivity index (χ1) is 9.22. The third-order valence-electron chi connectivity index (χ3n) is 4.13. The first-order valence-electron chi connectivity index (χ1n) is 7.27. The van der Waals surface area contributed by atoms with Gasteiger partial charge in [0.05, 0.1) is 0 Å². The summed E-state index contributed by atoms with van der Waals surface area (Å²) in [4.78, 5) is 0. The van der Waals surface area contributed by atoms with Crippen LogP contribution in [0.25, 0.3) is 0 Å². The molecule has 1 saturated carbocycles. The lowest BCUT2D eigenvalue weighted by atomic mass is 9.93. The molecule has 3 heteroatoms. The van der Waals surface area contributed by atoms with E-state index >= 15 is 0 Å². The van der Waals surface area contributed by atoms with Crippen LogP contribution in [0.4, 0.5) is 4.39 Å². The molecule has 0 bridgehead atoms. The fraction of sp³-hybridized carbons (Fsp3) is 0.625. The number of benzene rings is 1. The van der Waals surface area contributed by atoms with Crippen LogP contribution in [0.3, 0.4) is 0 Å². The van der Waals surface area contributed by atoms with Crippen molar-refractivity contribution >= 4 is 11.8 Å². The van der Waals surface area contributed by atoms with Gasteiger partial charge in [-0.25, -0.2) is 4.39 Å². The molecule has 1 N–H and O–H groups in total. The standard InChI is InChI=1S/C16H24FNS/c1-3-16(12-4-6-13(17)7-5-12)18-14-8-10-15(19-2)11-9-14/h4-7,14-16,18H,3,8-11H2,1-2H3. The van der Waals surface area contributed by atoms with Gasteiger partial charge in [-0.15, -0.1) is 0 Å². The number of halogens is 1. The lowest BCUT2D eigenvalue weighted by Crippen LogP contribution is -2.36. The van der Waals surface area contributed by atoms with Gasteiger partial charge in [0.1, 0.15) is 5.82 Å². The van der Waals surface area contributed by atoms with E-state index in [-0.39, 0.29) is 5.82 Å². The Kier molecular flexibility index (Phi) is 5.71. The van der Waals surface area contributed by atoms with Crippen molar-refractivity contribution in [2.45, 2.75) is 56.4 Å². The van der Waals surface area contributed by atoms with Crippen LogP contribution >= 0.6 is 11.8 Å². The fourth-order valence-electron chi connectivity index (χ4n) is 2.89. The van der Waals surface area contributed by atoms with E-state index < -0.39 is 0 Å². The second-order valence-electron chi connectivity index (χ2n) is 5.39. The van der Waals surface area contributed by atoms with Gasteiger partial charge in [0.2, 0.25) is 0 Å². The summed E-state index contributed by atoms with van der Waals surface area (Å²) in [6.45, 7) is 2.19. The summed E-state index contributed by atoms with van der Waals surface area (Å²) in [5.74, 6) is -0.154. The van der Waals surface area contributed by atoms with Gasteiger partial charge >= 0.3 is 0 Å². The Morgan fingerprint density at radius 1 is 1.21 bits per heavy atom. The predicted molar refractivity (Wildman–Crippen MR) is 82.1 cm³/mol. The molecule has 0 aromatic heterocycles. The van der Waals surface area contributed by atoms with Gasteiger partial charge in [0.15, 0.2) is 0 Å². The Balaban J connectivity index is 1.91. The Labute approximate surface area is 120 Å². The zero-order valence-electron chi connectivity index (χ0n) is 11.9. The number of thioether (sulfide) groups is 1. The number of nitrogens with one attached hydrogen (secondary N) is 1. The lowest BCUT2D eigenvalue weighted by molar-refractivity contribution is 0.339. The Bertz CT molecular complexity index is 371. The van der Waals surface area contributed by atoms with E-state index in [1.165, 1.54) is 31.2 Å². The Hall–Kier alpha value is -0.540. The average molecular weight is 281 g/mol. The molecule has 2 rings (SSSR count). The largest absolute Gasteiger partial charge is 0.307 e. The van der Waals surface area contributed by atoms with Crippen molar-refractivity contribution in [1.29, 1.82) is 0 Å². The van der Waals surface area contributed by atoms with Crippen molar-refractivity contribution < 1.29 is 4.39 Å². The molecule has 1 atom stereocenters. The van der Waals surface area contributed by atoms with Gasteiger partial charge in [0, 0.05) is 17.3 Å². The van der Waals surface area contributed by atoms with Crippen LogP contribution in [0.15, 0.2) is 24.3 Å². The molecule has 0 radical (unpaired) electrons. The predicted octanol–water partition coefficient (Wildman–Crippen LogP) is 4.54. The molecule has 0 amide bonds. The summed E-state index contributed by atoms with van der Waals surface area (Å²) in [5, 5.41) is 4.61. The minimum absolute atomic E-state index is 0.154. The zero-order valence-corrected chi connectivity index (χ0v) is 12.7. The van der Waals surface area contributed by atoms with E-state index in [1.54, 1.807) is 12.1 Å². The molecule has 0 aliphatic heterocycles. The molecule has 1 nitrogen and oxygen atoms in total. The smallest absolute Gasteiger partial charge is 0.123 e. The van der Waals surface area contributed by atoms with Crippen LogP contribution in [0, 0.1) is 5.82 Å². The van der Waals surface area contributed by atoms with Gasteiger partial charge in [-0.2, -0.15) is 11.8 Å². The van der Waals surface area contributed by atoms with Crippen molar-refractivity contribution in [3.05, 3.63) is 35.6 Å². The topological polar surface area (TPSA) is 12.0 Å². The van der Waals surface area contributed by atoms with Crippen LogP contribution in [0.1, 0.15) is 50.6 Å². The highest BCUT2D eigenvalue weighted by Crippen LogP contribution is 2.29. The second-order valence-corrected chi connectivity index (χ2v) is 6.53. The molecule has 0 saturated heterocycles. The summed E-state index contributed by atoms with van der Waals surface area (Å²) >= 11 is 2.00. The quantitative estimate of drug-likeness (QED) is 0.850. The van der Waals surface area contributed by atoms with Crippen LogP contribution < -0.4 is 5.32 Å². The number of rotatable bonds is 5. The highest BCUT2D eigenvalue weighted by Gasteiger charge is 2.22. The van der Waals surface area contributed by atoms with Gasteiger partial charge < -0.3 is 5.32 Å². The van der Waals surface area contributed by atoms with Gasteiger partial charge in [-0.3, -0.25) is 0 Å². The van der Waals surface area contributed by atoms with Gasteiger partial charge in [0.25, 0.3) is 0 Å². The number of hydrogen-bond donors (Lipinski definition) is 1. The first kappa shape index (κ1) is 14.9. The van der Waals surface area contributed by atoms with Crippen molar-refractivity contribution in [2.24, 2.45) is 0 Å². The molecule has 1 fully saturated rings. The minimum Gasteiger partial charge on any atom is -0.307 e. The van der Waals surface area contributed by atoms with Crippen molar-refractivity contribution in [3.8, 4) is 0 Å². The summed E-state index contributed by atoms with van der Waals surface area (Å²) in [6, 6.07) is 7.91. The molecule has 106 valence electrons. The van der Waals surface area contributed by atoms with E-state index in [1.807, 2.05) is 23.9 Å². The maximum atomic E-state index is 13.0. The molecule has 0 heterocycles. The monoisotopic (exact) mass is 281 g/mol. The van der Waals surface area contributed by atoms with Crippen molar-refractivity contribution in [3.63, 3.8) is 0 Å². The molecule has 1 aromatic rings. The zero-order chi connectivity index (χ0) is 13.7. The summed E-state index contributed by atoms with van der Waals surface area (Å²) < 4.78 is 13.0. The van der Waals surface area contributed by atoms with E-state index in [0.29, 0.717) is 12.1 Å². The first-order valence-corrected chi connectivity index (χ1v) is 8.56. The van der Waals surface area contributed by atoms with Gasteiger partial charge in [-0.05, 0) is 56.1 Å². The molecular formula is C16H24FNS. The van der Waals surface area contributed by atoms with Crippen LogP contribution in [0.5, 0.6) is 0 Å². The van der Waals surface area contributed by atoms with E-state index in [2.05, 4.69) is 18.5 Å². The highest BCUT2D eigenvalue weighted by molar-refractivity contribution is 7.99. The fourth-order valence-corrected chi connectivity index (χ4v) is 3.64. The van der Waals surface area contributed by atoms with E-state index in [9.17, 15) is 4.39 Å². The summed E-state index contributed by atoms with van der Waals surface area (Å²) in [7, 11) is 0. The van der Waals surface area contributed by atoms with Crippen LogP contribution in [0.2, 0.25) is 0 Å².